The summed E-state index contributed by atoms with van der Waals surface area (Å²) in [4.78, 5) is 4.63. The molecular formula is C12H26N4O2. The molecular weight excluding hydrogens is 232 g/mol. The van der Waals surface area contributed by atoms with Crippen molar-refractivity contribution < 1.29 is 9.94 Å². The summed E-state index contributed by atoms with van der Waals surface area (Å²) in [5.41, 5.74) is 5.62. The number of hydrogen-bond donors (Lipinski definition) is 2. The van der Waals surface area contributed by atoms with Crippen molar-refractivity contribution in [2.24, 2.45) is 10.9 Å². The summed E-state index contributed by atoms with van der Waals surface area (Å²) in [6, 6.07) is 0.00786. The van der Waals surface area contributed by atoms with Crippen LogP contribution in [-0.4, -0.2) is 72.8 Å². The fourth-order valence-corrected chi connectivity index (χ4v) is 2.08. The summed E-state index contributed by atoms with van der Waals surface area (Å²) in [6.07, 6.45) is 1.07. The molecule has 0 aromatic heterocycles. The lowest BCUT2D eigenvalue weighted by Crippen LogP contribution is -2.53. The molecule has 6 heteroatoms. The molecule has 0 amide bonds. The third-order valence-electron chi connectivity index (χ3n) is 3.40. The van der Waals surface area contributed by atoms with Crippen molar-refractivity contribution in [1.29, 1.82) is 0 Å². The Morgan fingerprint density at radius 3 is 2.56 bits per heavy atom. The molecule has 0 aromatic rings. The van der Waals surface area contributed by atoms with Gasteiger partial charge in [0.25, 0.3) is 0 Å². The van der Waals surface area contributed by atoms with Gasteiger partial charge in [-0.25, -0.2) is 0 Å². The van der Waals surface area contributed by atoms with Gasteiger partial charge in [0, 0.05) is 39.3 Å². The number of hydrogen-bond acceptors (Lipinski definition) is 5. The molecule has 0 bridgehead atoms. The Bertz CT molecular complexity index is 252. The predicted molar refractivity (Wildman–Crippen MR) is 72.0 cm³/mol. The van der Waals surface area contributed by atoms with Gasteiger partial charge in [-0.1, -0.05) is 12.1 Å². The lowest BCUT2D eigenvalue weighted by molar-refractivity contribution is 0.0717. The van der Waals surface area contributed by atoms with E-state index in [0.717, 1.165) is 52.4 Å². The quantitative estimate of drug-likeness (QED) is 0.224. The number of amidine groups is 1. The van der Waals surface area contributed by atoms with Crippen LogP contribution >= 0.6 is 0 Å². The van der Waals surface area contributed by atoms with Gasteiger partial charge < -0.3 is 15.7 Å². The van der Waals surface area contributed by atoms with E-state index in [1.54, 1.807) is 0 Å². The van der Waals surface area contributed by atoms with E-state index in [0.29, 0.717) is 0 Å². The second kappa shape index (κ2) is 8.29. The molecule has 1 unspecified atom stereocenters. The van der Waals surface area contributed by atoms with E-state index in [9.17, 15) is 0 Å². The molecule has 0 saturated carbocycles. The Kier molecular flexibility index (Phi) is 7.00. The van der Waals surface area contributed by atoms with E-state index in [4.69, 9.17) is 15.7 Å². The first-order valence-corrected chi connectivity index (χ1v) is 6.70. The topological polar surface area (TPSA) is 74.3 Å². The zero-order valence-corrected chi connectivity index (χ0v) is 11.5. The van der Waals surface area contributed by atoms with Crippen molar-refractivity contribution in [1.82, 2.24) is 9.80 Å². The van der Waals surface area contributed by atoms with Crippen molar-refractivity contribution in [2.75, 3.05) is 45.9 Å². The van der Waals surface area contributed by atoms with E-state index in [2.05, 4.69) is 21.9 Å². The van der Waals surface area contributed by atoms with Crippen LogP contribution in [0.1, 0.15) is 20.3 Å². The number of oxime groups is 1. The van der Waals surface area contributed by atoms with Gasteiger partial charge in [0.05, 0.1) is 12.6 Å². The largest absolute Gasteiger partial charge is 0.409 e. The number of rotatable bonds is 7. The predicted octanol–water partition coefficient (Wildman–Crippen LogP) is 0.166. The fraction of sp³-hybridized carbons (Fsp3) is 0.917. The Hall–Kier alpha value is -0.850. The lowest BCUT2D eigenvalue weighted by Gasteiger charge is -2.37. The summed E-state index contributed by atoms with van der Waals surface area (Å²) < 4.78 is 5.49. The molecule has 1 fully saturated rings. The van der Waals surface area contributed by atoms with Gasteiger partial charge in [-0.2, -0.15) is 0 Å². The monoisotopic (exact) mass is 258 g/mol. The molecule has 106 valence electrons. The molecule has 1 rings (SSSR count). The van der Waals surface area contributed by atoms with E-state index in [1.165, 1.54) is 0 Å². The van der Waals surface area contributed by atoms with Crippen molar-refractivity contribution in [3.05, 3.63) is 0 Å². The van der Waals surface area contributed by atoms with Crippen molar-refractivity contribution >= 4 is 5.84 Å². The number of piperazine rings is 1. The van der Waals surface area contributed by atoms with Crippen molar-refractivity contribution in [3.63, 3.8) is 0 Å². The van der Waals surface area contributed by atoms with Gasteiger partial charge in [-0.3, -0.25) is 9.80 Å². The maximum absolute atomic E-state index is 8.66. The first-order chi connectivity index (χ1) is 8.69. The van der Waals surface area contributed by atoms with Gasteiger partial charge in [-0.05, 0) is 13.3 Å². The van der Waals surface area contributed by atoms with Crippen LogP contribution in [0.2, 0.25) is 0 Å². The molecule has 1 aliphatic heterocycles. The Balaban J connectivity index is 2.20. The van der Waals surface area contributed by atoms with Crippen LogP contribution in [0.5, 0.6) is 0 Å². The molecule has 1 heterocycles. The van der Waals surface area contributed by atoms with Crippen LogP contribution in [-0.2, 0) is 4.74 Å². The highest BCUT2D eigenvalue weighted by Crippen LogP contribution is 2.06. The van der Waals surface area contributed by atoms with Crippen LogP contribution in [0.25, 0.3) is 0 Å². The Labute approximate surface area is 109 Å². The van der Waals surface area contributed by atoms with Crippen LogP contribution in [0, 0.1) is 0 Å². The summed E-state index contributed by atoms with van der Waals surface area (Å²) in [5, 5.41) is 11.7. The van der Waals surface area contributed by atoms with E-state index >= 15 is 0 Å². The molecule has 0 spiro atoms. The minimum Gasteiger partial charge on any atom is -0.409 e. The number of nitrogens with two attached hydrogens (primary N) is 1. The fourth-order valence-electron chi connectivity index (χ4n) is 2.08. The van der Waals surface area contributed by atoms with Crippen LogP contribution in [0.15, 0.2) is 5.16 Å². The molecule has 6 nitrogen and oxygen atoms in total. The van der Waals surface area contributed by atoms with E-state index in [-0.39, 0.29) is 11.9 Å². The maximum atomic E-state index is 8.66. The molecule has 0 aliphatic carbocycles. The third kappa shape index (κ3) is 4.80. The minimum absolute atomic E-state index is 0.00786. The summed E-state index contributed by atoms with van der Waals surface area (Å²) >= 11 is 0. The first kappa shape index (κ1) is 15.2. The van der Waals surface area contributed by atoms with Gasteiger partial charge >= 0.3 is 0 Å². The van der Waals surface area contributed by atoms with Crippen molar-refractivity contribution in [2.45, 2.75) is 26.3 Å². The maximum Gasteiger partial charge on any atom is 0.156 e. The minimum atomic E-state index is 0.00786. The molecule has 1 aliphatic rings. The highest BCUT2D eigenvalue weighted by atomic mass is 16.5. The smallest absolute Gasteiger partial charge is 0.156 e. The Morgan fingerprint density at radius 2 is 2.00 bits per heavy atom. The molecule has 1 saturated heterocycles. The van der Waals surface area contributed by atoms with Crippen LogP contribution < -0.4 is 5.73 Å². The number of nitrogens with zero attached hydrogens (tertiary/aromatic N) is 3. The summed E-state index contributed by atoms with van der Waals surface area (Å²) in [5.74, 6) is 0.287. The molecule has 0 aromatic carbocycles. The first-order valence-electron chi connectivity index (χ1n) is 6.70. The zero-order chi connectivity index (χ0) is 13.4. The van der Waals surface area contributed by atoms with Crippen LogP contribution in [0.3, 0.4) is 0 Å². The van der Waals surface area contributed by atoms with E-state index in [1.807, 2.05) is 6.92 Å². The van der Waals surface area contributed by atoms with Crippen molar-refractivity contribution in [3.8, 4) is 0 Å². The highest BCUT2D eigenvalue weighted by molar-refractivity contribution is 5.84. The summed E-state index contributed by atoms with van der Waals surface area (Å²) in [7, 11) is 0. The van der Waals surface area contributed by atoms with Gasteiger partial charge in [0.1, 0.15) is 0 Å². The SMILES string of the molecule is CCCOCCN1CCN(C(C)C(N)=NO)CC1. The molecule has 3 N–H and O–H groups in total. The molecule has 0 radical (unpaired) electrons. The van der Waals surface area contributed by atoms with Gasteiger partial charge in [0.15, 0.2) is 5.84 Å². The Morgan fingerprint density at radius 1 is 1.33 bits per heavy atom. The zero-order valence-electron chi connectivity index (χ0n) is 11.5. The second-order valence-corrected chi connectivity index (χ2v) is 4.69. The standard InChI is InChI=1S/C12H26N4O2/c1-3-9-18-10-8-15-4-6-16(7-5-15)11(2)12(13)14-17/h11,17H,3-10H2,1-2H3,(H2,13,14). The molecule has 18 heavy (non-hydrogen) atoms. The van der Waals surface area contributed by atoms with E-state index < -0.39 is 0 Å². The normalized spacial score (nSPS) is 21.1. The summed E-state index contributed by atoms with van der Waals surface area (Å²) in [6.45, 7) is 10.7. The number of ether oxygens (including phenoxy) is 1. The third-order valence-corrected chi connectivity index (χ3v) is 3.40. The second-order valence-electron chi connectivity index (χ2n) is 4.69. The lowest BCUT2D eigenvalue weighted by atomic mass is 10.2. The van der Waals surface area contributed by atoms with Gasteiger partial charge in [-0.15, -0.1) is 0 Å². The average molecular weight is 258 g/mol. The highest BCUT2D eigenvalue weighted by Gasteiger charge is 2.22. The average Bonchev–Trinajstić information content (AvgIpc) is 2.42. The van der Waals surface area contributed by atoms with Crippen LogP contribution in [0.4, 0.5) is 0 Å². The molecule has 1 atom stereocenters. The van der Waals surface area contributed by atoms with Gasteiger partial charge in [0.2, 0.25) is 0 Å².